The van der Waals surface area contributed by atoms with Gasteiger partial charge in [0.15, 0.2) is 5.78 Å². The van der Waals surface area contributed by atoms with Crippen molar-refractivity contribution in [1.29, 1.82) is 0 Å². The van der Waals surface area contributed by atoms with Gasteiger partial charge >= 0.3 is 6.18 Å². The second kappa shape index (κ2) is 5.65. The summed E-state index contributed by atoms with van der Waals surface area (Å²) in [6.07, 6.45) is -3.81. The van der Waals surface area contributed by atoms with Crippen LogP contribution in [-0.4, -0.2) is 23.6 Å². The first-order valence-electron chi connectivity index (χ1n) is 5.05. The lowest BCUT2D eigenvalue weighted by Gasteiger charge is -2.07. The molecule has 6 heteroatoms. The predicted octanol–water partition coefficient (Wildman–Crippen LogP) is 3.01. The average molecular weight is 247 g/mol. The Balaban J connectivity index is 2.35. The van der Waals surface area contributed by atoms with Crippen LogP contribution < -0.4 is 4.74 Å². The third-order valence-corrected chi connectivity index (χ3v) is 2.00. The van der Waals surface area contributed by atoms with Crippen LogP contribution in [0.15, 0.2) is 18.3 Å². The number of hydrogen-bond acceptors (Lipinski definition) is 3. The molecule has 0 fully saturated rings. The first-order valence-corrected chi connectivity index (χ1v) is 5.05. The number of carbonyl (C=O) groups excluding carboxylic acids is 1. The highest BCUT2D eigenvalue weighted by Gasteiger charge is 2.26. The number of ketones is 1. The Hall–Kier alpha value is -1.59. The van der Waals surface area contributed by atoms with Crippen molar-refractivity contribution in [2.75, 3.05) is 6.61 Å². The third-order valence-electron chi connectivity index (χ3n) is 2.00. The number of hydrogen-bond donors (Lipinski definition) is 0. The van der Waals surface area contributed by atoms with Gasteiger partial charge in [0.1, 0.15) is 0 Å². The second-order valence-corrected chi connectivity index (χ2v) is 3.51. The molecule has 0 bridgehead atoms. The van der Waals surface area contributed by atoms with Crippen molar-refractivity contribution in [2.24, 2.45) is 0 Å². The number of pyridine rings is 1. The molecule has 3 nitrogen and oxygen atoms in total. The van der Waals surface area contributed by atoms with Gasteiger partial charge in [-0.2, -0.15) is 13.2 Å². The van der Waals surface area contributed by atoms with Crippen LogP contribution in [0.1, 0.15) is 30.1 Å². The average Bonchev–Trinajstić information content (AvgIpc) is 2.24. The zero-order chi connectivity index (χ0) is 12.9. The maximum Gasteiger partial charge on any atom is 0.389 e. The SMILES string of the molecule is CC(=O)c1ccc(OCCCC(F)(F)F)nc1. The Bertz CT molecular complexity index is 373. The normalized spacial score (nSPS) is 11.3. The highest BCUT2D eigenvalue weighted by Crippen LogP contribution is 2.21. The maximum atomic E-state index is 11.8. The Kier molecular flexibility index (Phi) is 4.48. The number of Topliss-reactive ketones (excluding diaryl/α,β-unsaturated/α-hetero) is 1. The zero-order valence-electron chi connectivity index (χ0n) is 9.25. The minimum atomic E-state index is -4.16. The van der Waals surface area contributed by atoms with Crippen molar-refractivity contribution in [3.8, 4) is 5.88 Å². The summed E-state index contributed by atoms with van der Waals surface area (Å²) in [6, 6.07) is 2.98. The molecule has 0 radical (unpaired) electrons. The highest BCUT2D eigenvalue weighted by atomic mass is 19.4. The van der Waals surface area contributed by atoms with E-state index in [-0.39, 0.29) is 24.7 Å². The summed E-state index contributed by atoms with van der Waals surface area (Å²) in [7, 11) is 0. The number of ether oxygens (including phenoxy) is 1. The van der Waals surface area contributed by atoms with Crippen molar-refractivity contribution in [3.05, 3.63) is 23.9 Å². The van der Waals surface area contributed by atoms with Crippen LogP contribution in [0.5, 0.6) is 5.88 Å². The molecule has 94 valence electrons. The second-order valence-electron chi connectivity index (χ2n) is 3.51. The highest BCUT2D eigenvalue weighted by molar-refractivity contribution is 5.93. The molecule has 0 aromatic carbocycles. The van der Waals surface area contributed by atoms with Gasteiger partial charge in [0, 0.05) is 24.2 Å². The first kappa shape index (κ1) is 13.5. The molecule has 0 saturated carbocycles. The summed E-state index contributed by atoms with van der Waals surface area (Å²) >= 11 is 0. The molecule has 0 N–H and O–H groups in total. The third kappa shape index (κ3) is 5.33. The summed E-state index contributed by atoms with van der Waals surface area (Å²) in [6.45, 7) is 1.35. The van der Waals surface area contributed by atoms with E-state index >= 15 is 0 Å². The Morgan fingerprint density at radius 2 is 2.12 bits per heavy atom. The van der Waals surface area contributed by atoms with E-state index in [2.05, 4.69) is 4.98 Å². The molecule has 1 heterocycles. The number of carbonyl (C=O) groups is 1. The van der Waals surface area contributed by atoms with Crippen LogP contribution in [-0.2, 0) is 0 Å². The molecule has 0 amide bonds. The van der Waals surface area contributed by atoms with E-state index in [9.17, 15) is 18.0 Å². The standard InChI is InChI=1S/C11H12F3NO2/c1-8(16)9-3-4-10(15-7-9)17-6-2-5-11(12,13)14/h3-4,7H,2,5-6H2,1H3. The van der Waals surface area contributed by atoms with Crippen LogP contribution >= 0.6 is 0 Å². The van der Waals surface area contributed by atoms with Gasteiger partial charge in [0.05, 0.1) is 6.61 Å². The van der Waals surface area contributed by atoms with Gasteiger partial charge in [-0.1, -0.05) is 0 Å². The van der Waals surface area contributed by atoms with E-state index in [4.69, 9.17) is 4.74 Å². The van der Waals surface area contributed by atoms with Gasteiger partial charge in [0.25, 0.3) is 0 Å². The fraction of sp³-hybridized carbons (Fsp3) is 0.455. The Morgan fingerprint density at radius 3 is 2.59 bits per heavy atom. The maximum absolute atomic E-state index is 11.8. The summed E-state index contributed by atoms with van der Waals surface area (Å²) in [5.41, 5.74) is 0.438. The van der Waals surface area contributed by atoms with Crippen LogP contribution in [0.3, 0.4) is 0 Å². The van der Waals surface area contributed by atoms with E-state index in [1.807, 2.05) is 0 Å². The van der Waals surface area contributed by atoms with Crippen molar-refractivity contribution in [1.82, 2.24) is 4.98 Å². The van der Waals surface area contributed by atoms with E-state index in [1.54, 1.807) is 0 Å². The van der Waals surface area contributed by atoms with Crippen LogP contribution in [0.25, 0.3) is 0 Å². The first-order chi connectivity index (χ1) is 7.88. The largest absolute Gasteiger partial charge is 0.478 e. The molecule has 1 aromatic heterocycles. The van der Waals surface area contributed by atoms with Gasteiger partial charge < -0.3 is 4.74 Å². The number of alkyl halides is 3. The van der Waals surface area contributed by atoms with Crippen LogP contribution in [0.2, 0.25) is 0 Å². The van der Waals surface area contributed by atoms with Crippen LogP contribution in [0, 0.1) is 0 Å². The Labute approximate surface area is 96.6 Å². The lowest BCUT2D eigenvalue weighted by Crippen LogP contribution is -2.10. The van der Waals surface area contributed by atoms with E-state index < -0.39 is 12.6 Å². The zero-order valence-corrected chi connectivity index (χ0v) is 9.25. The smallest absolute Gasteiger partial charge is 0.389 e. The van der Waals surface area contributed by atoms with Crippen LogP contribution in [0.4, 0.5) is 13.2 Å². The van der Waals surface area contributed by atoms with E-state index in [0.29, 0.717) is 5.56 Å². The molecule has 17 heavy (non-hydrogen) atoms. The van der Waals surface area contributed by atoms with Crippen molar-refractivity contribution < 1.29 is 22.7 Å². The fourth-order valence-electron chi connectivity index (χ4n) is 1.12. The minimum Gasteiger partial charge on any atom is -0.478 e. The molecule has 0 spiro atoms. The quantitative estimate of drug-likeness (QED) is 0.593. The molecule has 0 aliphatic heterocycles. The van der Waals surface area contributed by atoms with Crippen molar-refractivity contribution in [3.63, 3.8) is 0 Å². The minimum absolute atomic E-state index is 0.0497. The monoisotopic (exact) mass is 247 g/mol. The van der Waals surface area contributed by atoms with Crippen molar-refractivity contribution >= 4 is 5.78 Å². The molecule has 0 aliphatic rings. The molecule has 0 aliphatic carbocycles. The number of nitrogens with zero attached hydrogens (tertiary/aromatic N) is 1. The topological polar surface area (TPSA) is 39.2 Å². The van der Waals surface area contributed by atoms with E-state index in [0.717, 1.165) is 0 Å². The summed E-state index contributed by atoms with van der Waals surface area (Å²) in [5, 5.41) is 0. The number of rotatable bonds is 5. The number of aromatic nitrogens is 1. The molecule has 1 aromatic rings. The van der Waals surface area contributed by atoms with Gasteiger partial charge in [0.2, 0.25) is 5.88 Å². The Morgan fingerprint density at radius 1 is 1.41 bits per heavy atom. The number of halogens is 3. The molecule has 0 unspecified atom stereocenters. The summed E-state index contributed by atoms with van der Waals surface area (Å²) in [4.78, 5) is 14.7. The van der Waals surface area contributed by atoms with Crippen molar-refractivity contribution in [2.45, 2.75) is 25.9 Å². The van der Waals surface area contributed by atoms with Gasteiger partial charge in [-0.05, 0) is 19.4 Å². The van der Waals surface area contributed by atoms with Gasteiger partial charge in [-0.3, -0.25) is 4.79 Å². The predicted molar refractivity (Wildman–Crippen MR) is 55.0 cm³/mol. The lowest BCUT2D eigenvalue weighted by atomic mass is 10.2. The van der Waals surface area contributed by atoms with Gasteiger partial charge in [-0.15, -0.1) is 0 Å². The molecule has 0 atom stereocenters. The molecule has 0 saturated heterocycles. The fourth-order valence-corrected chi connectivity index (χ4v) is 1.12. The lowest BCUT2D eigenvalue weighted by molar-refractivity contribution is -0.136. The molecular weight excluding hydrogens is 235 g/mol. The summed E-state index contributed by atoms with van der Waals surface area (Å²) < 4.78 is 40.5. The van der Waals surface area contributed by atoms with Gasteiger partial charge in [-0.25, -0.2) is 4.98 Å². The molecular formula is C11H12F3NO2. The van der Waals surface area contributed by atoms with E-state index in [1.165, 1.54) is 25.3 Å². The molecule has 1 rings (SSSR count). The summed E-state index contributed by atoms with van der Waals surface area (Å²) in [5.74, 6) is 0.0956.